The molecule has 1 aliphatic carbocycles. The maximum atomic E-state index is 10.5. The second-order valence-electron chi connectivity index (χ2n) is 2.81. The van der Waals surface area contributed by atoms with E-state index >= 15 is 0 Å². The third-order valence-electron chi connectivity index (χ3n) is 1.87. The Morgan fingerprint density at radius 3 is 2.70 bits per heavy atom. The topological polar surface area (TPSA) is 49.3 Å². The van der Waals surface area contributed by atoms with Crippen molar-refractivity contribution in [2.24, 2.45) is 0 Å². The lowest BCUT2D eigenvalue weighted by Gasteiger charge is -2.14. The summed E-state index contributed by atoms with van der Waals surface area (Å²) in [5.74, 6) is -0.0500. The highest BCUT2D eigenvalue weighted by molar-refractivity contribution is 5.73. The van der Waals surface area contributed by atoms with Crippen LogP contribution in [0, 0.1) is 0 Å². The average Bonchev–Trinajstić information content (AvgIpc) is 2.15. The number of carbonyl (C=O) groups excluding carboxylic acids is 1. The van der Waals surface area contributed by atoms with Gasteiger partial charge in [0.1, 0.15) is 0 Å². The lowest BCUT2D eigenvalue weighted by molar-refractivity contribution is -0.120. The first-order valence-electron chi connectivity index (χ1n) is 3.65. The average molecular weight is 143 g/mol. The molecule has 3 heteroatoms. The van der Waals surface area contributed by atoms with Crippen molar-refractivity contribution in [3.63, 3.8) is 0 Å². The van der Waals surface area contributed by atoms with Gasteiger partial charge in [0.15, 0.2) is 0 Å². The Morgan fingerprint density at radius 2 is 2.30 bits per heavy atom. The summed E-state index contributed by atoms with van der Waals surface area (Å²) in [7, 11) is 0. The first-order valence-corrected chi connectivity index (χ1v) is 3.65. The number of aliphatic hydroxyl groups excluding tert-OH is 1. The molecule has 0 aromatic carbocycles. The third kappa shape index (κ3) is 1.70. The standard InChI is InChI=1S/C7H13NO2/c1-5(9)8-6-3-2-4-7(6)10/h6-7,10H,2-4H2,1H3,(H,8,9)/t6-,7?/m1/s1. The van der Waals surface area contributed by atoms with Gasteiger partial charge in [0, 0.05) is 6.92 Å². The van der Waals surface area contributed by atoms with Crippen LogP contribution < -0.4 is 5.32 Å². The molecule has 0 bridgehead atoms. The van der Waals surface area contributed by atoms with Crippen LogP contribution in [0.3, 0.4) is 0 Å². The van der Waals surface area contributed by atoms with E-state index in [1.165, 1.54) is 6.92 Å². The van der Waals surface area contributed by atoms with Crippen LogP contribution in [0.5, 0.6) is 0 Å². The molecule has 0 saturated heterocycles. The predicted octanol–water partition coefficient (Wildman–Crippen LogP) is 0.0359. The number of carbonyl (C=O) groups is 1. The van der Waals surface area contributed by atoms with Crippen molar-refractivity contribution >= 4 is 5.91 Å². The van der Waals surface area contributed by atoms with Crippen molar-refractivity contribution in [1.29, 1.82) is 0 Å². The highest BCUT2D eigenvalue weighted by Crippen LogP contribution is 2.18. The van der Waals surface area contributed by atoms with Gasteiger partial charge < -0.3 is 10.4 Å². The molecule has 0 radical (unpaired) electrons. The SMILES string of the molecule is CC(=O)N[C@@H]1CCCC1O. The maximum Gasteiger partial charge on any atom is 0.217 e. The van der Waals surface area contributed by atoms with Gasteiger partial charge >= 0.3 is 0 Å². The van der Waals surface area contributed by atoms with Crippen molar-refractivity contribution in [1.82, 2.24) is 5.32 Å². The molecule has 2 atom stereocenters. The van der Waals surface area contributed by atoms with Crippen LogP contribution in [0.1, 0.15) is 26.2 Å². The molecule has 0 aliphatic heterocycles. The van der Waals surface area contributed by atoms with E-state index in [9.17, 15) is 9.90 Å². The fourth-order valence-electron chi connectivity index (χ4n) is 1.37. The van der Waals surface area contributed by atoms with Gasteiger partial charge in [0.05, 0.1) is 12.1 Å². The molecule has 0 spiro atoms. The Morgan fingerprint density at radius 1 is 1.60 bits per heavy atom. The Bertz CT molecular complexity index is 136. The van der Waals surface area contributed by atoms with Crippen LogP contribution in [0.15, 0.2) is 0 Å². The minimum Gasteiger partial charge on any atom is -0.391 e. The molecule has 1 unspecified atom stereocenters. The minimum absolute atomic E-state index is 0.0116. The van der Waals surface area contributed by atoms with E-state index in [1.807, 2.05) is 0 Å². The van der Waals surface area contributed by atoms with Crippen molar-refractivity contribution in [2.45, 2.75) is 38.3 Å². The molecule has 1 rings (SSSR count). The van der Waals surface area contributed by atoms with Crippen molar-refractivity contribution in [3.05, 3.63) is 0 Å². The van der Waals surface area contributed by atoms with E-state index < -0.39 is 0 Å². The Kier molecular flexibility index (Phi) is 2.27. The number of hydrogen-bond acceptors (Lipinski definition) is 2. The summed E-state index contributed by atoms with van der Waals surface area (Å²) in [4.78, 5) is 10.5. The van der Waals surface area contributed by atoms with Crippen LogP contribution >= 0.6 is 0 Å². The smallest absolute Gasteiger partial charge is 0.217 e. The molecule has 58 valence electrons. The summed E-state index contributed by atoms with van der Waals surface area (Å²) in [5.41, 5.74) is 0. The van der Waals surface area contributed by atoms with Crippen LogP contribution in [-0.2, 0) is 4.79 Å². The Hall–Kier alpha value is -0.570. The second-order valence-corrected chi connectivity index (χ2v) is 2.81. The molecular weight excluding hydrogens is 130 g/mol. The van der Waals surface area contributed by atoms with Crippen LogP contribution in [0.2, 0.25) is 0 Å². The normalized spacial score (nSPS) is 32.2. The molecule has 0 heterocycles. The number of aliphatic hydroxyl groups is 1. The molecule has 3 nitrogen and oxygen atoms in total. The van der Waals surface area contributed by atoms with Crippen LogP contribution in [-0.4, -0.2) is 23.2 Å². The van der Waals surface area contributed by atoms with Gasteiger partial charge in [-0.3, -0.25) is 4.79 Å². The number of amides is 1. The summed E-state index contributed by atoms with van der Waals surface area (Å²) >= 11 is 0. The monoisotopic (exact) mass is 143 g/mol. The zero-order valence-electron chi connectivity index (χ0n) is 6.13. The van der Waals surface area contributed by atoms with E-state index in [4.69, 9.17) is 0 Å². The van der Waals surface area contributed by atoms with E-state index in [1.54, 1.807) is 0 Å². The van der Waals surface area contributed by atoms with Gasteiger partial charge in [-0.1, -0.05) is 0 Å². The Balaban J connectivity index is 2.33. The zero-order chi connectivity index (χ0) is 7.56. The highest BCUT2D eigenvalue weighted by atomic mass is 16.3. The lowest BCUT2D eigenvalue weighted by atomic mass is 10.2. The molecule has 1 aliphatic rings. The molecule has 1 fully saturated rings. The van der Waals surface area contributed by atoms with E-state index in [0.717, 1.165) is 19.3 Å². The van der Waals surface area contributed by atoms with Crippen LogP contribution in [0.25, 0.3) is 0 Å². The predicted molar refractivity (Wildman–Crippen MR) is 37.5 cm³/mol. The van der Waals surface area contributed by atoms with Crippen molar-refractivity contribution in [3.8, 4) is 0 Å². The summed E-state index contributed by atoms with van der Waals surface area (Å²) in [6.45, 7) is 1.48. The molecular formula is C7H13NO2. The minimum atomic E-state index is -0.316. The first kappa shape index (κ1) is 7.54. The quantitative estimate of drug-likeness (QED) is 0.544. The van der Waals surface area contributed by atoms with Gasteiger partial charge in [0.25, 0.3) is 0 Å². The lowest BCUT2D eigenvalue weighted by Crippen LogP contribution is -2.38. The van der Waals surface area contributed by atoms with Gasteiger partial charge in [-0.2, -0.15) is 0 Å². The summed E-state index contributed by atoms with van der Waals surface area (Å²) in [6.07, 6.45) is 2.45. The summed E-state index contributed by atoms with van der Waals surface area (Å²) in [5, 5.41) is 11.9. The second kappa shape index (κ2) is 3.01. The summed E-state index contributed by atoms with van der Waals surface area (Å²) in [6, 6.07) is 0.0116. The molecule has 0 aromatic heterocycles. The van der Waals surface area contributed by atoms with E-state index in [0.29, 0.717) is 0 Å². The molecule has 2 N–H and O–H groups in total. The third-order valence-corrected chi connectivity index (χ3v) is 1.87. The van der Waals surface area contributed by atoms with Gasteiger partial charge in [0.2, 0.25) is 5.91 Å². The molecule has 1 amide bonds. The fraction of sp³-hybridized carbons (Fsp3) is 0.857. The number of nitrogens with one attached hydrogen (secondary N) is 1. The molecule has 0 aromatic rings. The number of rotatable bonds is 1. The largest absolute Gasteiger partial charge is 0.391 e. The highest BCUT2D eigenvalue weighted by Gasteiger charge is 2.25. The van der Waals surface area contributed by atoms with Crippen LogP contribution in [0.4, 0.5) is 0 Å². The zero-order valence-corrected chi connectivity index (χ0v) is 6.13. The fourth-order valence-corrected chi connectivity index (χ4v) is 1.37. The van der Waals surface area contributed by atoms with Gasteiger partial charge in [-0.15, -0.1) is 0 Å². The Labute approximate surface area is 60.4 Å². The molecule has 10 heavy (non-hydrogen) atoms. The van der Waals surface area contributed by atoms with Crippen molar-refractivity contribution in [2.75, 3.05) is 0 Å². The maximum absolute atomic E-state index is 10.5. The van der Waals surface area contributed by atoms with Gasteiger partial charge in [-0.25, -0.2) is 0 Å². The molecule has 1 saturated carbocycles. The van der Waals surface area contributed by atoms with Crippen molar-refractivity contribution < 1.29 is 9.90 Å². The van der Waals surface area contributed by atoms with E-state index in [-0.39, 0.29) is 18.1 Å². The first-order chi connectivity index (χ1) is 4.70. The summed E-state index contributed by atoms with van der Waals surface area (Å²) < 4.78 is 0. The van der Waals surface area contributed by atoms with Gasteiger partial charge in [-0.05, 0) is 19.3 Å². The van der Waals surface area contributed by atoms with E-state index in [2.05, 4.69) is 5.32 Å². The number of hydrogen-bond donors (Lipinski definition) is 2.